The largest absolute Gasteiger partial charge is 0.494 e. The lowest BCUT2D eigenvalue weighted by Gasteiger charge is -2.32. The van der Waals surface area contributed by atoms with Gasteiger partial charge in [-0.3, -0.25) is 0 Å². The molecule has 1 aliphatic rings. The molecule has 2 aromatic rings. The Hall–Kier alpha value is -2.51. The molecule has 154 valence electrons. The van der Waals surface area contributed by atoms with Crippen molar-refractivity contribution in [2.45, 2.75) is 45.5 Å². The highest BCUT2D eigenvalue weighted by atomic mass is 16.7. The van der Waals surface area contributed by atoms with Crippen molar-refractivity contribution in [3.8, 4) is 5.75 Å². The number of hydrogen-bond acceptors (Lipinski definition) is 5. The molecule has 0 aromatic heterocycles. The van der Waals surface area contributed by atoms with Gasteiger partial charge in [-0.1, -0.05) is 42.5 Å². The van der Waals surface area contributed by atoms with Crippen molar-refractivity contribution >= 4 is 18.7 Å². The maximum absolute atomic E-state index is 11.7. The van der Waals surface area contributed by atoms with Gasteiger partial charge in [-0.25, -0.2) is 4.79 Å². The molecule has 0 radical (unpaired) electrons. The minimum Gasteiger partial charge on any atom is -0.492 e. The Balaban J connectivity index is 1.38. The number of amides is 1. The van der Waals surface area contributed by atoms with Crippen molar-refractivity contribution < 1.29 is 23.6 Å². The van der Waals surface area contributed by atoms with Crippen LogP contribution in [0.5, 0.6) is 5.75 Å². The molecule has 1 amide bonds. The minimum atomic E-state index is -0.464. The summed E-state index contributed by atoms with van der Waals surface area (Å²) in [5.41, 5.74) is 1.15. The highest BCUT2D eigenvalue weighted by molar-refractivity contribution is 6.62. The molecule has 1 heterocycles. The Kier molecular flexibility index (Phi) is 6.50. The van der Waals surface area contributed by atoms with Crippen LogP contribution in [0, 0.1) is 0 Å². The normalized spacial score (nSPS) is 17.0. The number of nitrogens with one attached hydrogen (secondary N) is 1. The molecule has 1 aliphatic heterocycles. The maximum Gasteiger partial charge on any atom is 0.494 e. The molecule has 3 rings (SSSR count). The van der Waals surface area contributed by atoms with Crippen LogP contribution >= 0.6 is 0 Å². The summed E-state index contributed by atoms with van der Waals surface area (Å²) in [5, 5.41) is 2.67. The molecule has 0 saturated carbocycles. The Labute approximate surface area is 172 Å². The number of carbonyl (C=O) groups excluding carboxylic acids is 1. The minimum absolute atomic E-state index is 0.244. The summed E-state index contributed by atoms with van der Waals surface area (Å²) in [6, 6.07) is 17.1. The number of carbonyl (C=O) groups is 1. The third-order valence-corrected chi connectivity index (χ3v) is 5.26. The zero-order valence-corrected chi connectivity index (χ0v) is 17.4. The van der Waals surface area contributed by atoms with Crippen molar-refractivity contribution in [3.63, 3.8) is 0 Å². The van der Waals surface area contributed by atoms with Crippen LogP contribution in [-0.4, -0.2) is 37.6 Å². The lowest BCUT2D eigenvalue weighted by atomic mass is 9.79. The third kappa shape index (κ3) is 5.52. The topological polar surface area (TPSA) is 66.0 Å². The molecule has 0 unspecified atom stereocenters. The van der Waals surface area contributed by atoms with Crippen molar-refractivity contribution in [2.75, 3.05) is 13.2 Å². The van der Waals surface area contributed by atoms with Crippen molar-refractivity contribution in [3.05, 3.63) is 60.2 Å². The Bertz CT molecular complexity index is 792. The van der Waals surface area contributed by atoms with Crippen LogP contribution in [0.2, 0.25) is 0 Å². The fourth-order valence-electron chi connectivity index (χ4n) is 2.80. The van der Waals surface area contributed by atoms with Gasteiger partial charge in [0.25, 0.3) is 0 Å². The van der Waals surface area contributed by atoms with Gasteiger partial charge in [0.05, 0.1) is 17.7 Å². The molecule has 0 aliphatic carbocycles. The van der Waals surface area contributed by atoms with E-state index in [1.165, 1.54) is 0 Å². The molecule has 2 aromatic carbocycles. The number of rotatable bonds is 7. The zero-order chi connectivity index (χ0) is 20.9. The molecule has 0 spiro atoms. The summed E-state index contributed by atoms with van der Waals surface area (Å²) >= 11 is 0. The molecular formula is C22H28BNO5. The average Bonchev–Trinajstić information content (AvgIpc) is 2.92. The van der Waals surface area contributed by atoms with Crippen LogP contribution in [0.3, 0.4) is 0 Å². The first-order valence-electron chi connectivity index (χ1n) is 9.80. The van der Waals surface area contributed by atoms with Crippen LogP contribution in [0.15, 0.2) is 54.6 Å². The van der Waals surface area contributed by atoms with Gasteiger partial charge < -0.3 is 24.1 Å². The quantitative estimate of drug-likeness (QED) is 0.574. The number of benzene rings is 2. The summed E-state index contributed by atoms with van der Waals surface area (Å²) in [6.07, 6.45) is -0.464. The second-order valence-corrected chi connectivity index (χ2v) is 7.99. The van der Waals surface area contributed by atoms with Gasteiger partial charge in [-0.2, -0.15) is 0 Å². The fraction of sp³-hybridized carbons (Fsp3) is 0.409. The Morgan fingerprint density at radius 3 is 2.21 bits per heavy atom. The predicted octanol–water partition coefficient (Wildman–Crippen LogP) is 3.29. The van der Waals surface area contributed by atoms with Crippen LogP contribution < -0.4 is 15.5 Å². The monoisotopic (exact) mass is 397 g/mol. The molecular weight excluding hydrogens is 369 g/mol. The summed E-state index contributed by atoms with van der Waals surface area (Å²) in [7, 11) is -0.393. The van der Waals surface area contributed by atoms with E-state index < -0.39 is 13.2 Å². The standard InChI is InChI=1S/C22H28BNO5/c1-21(2)22(3,4)29-23(28-21)18-10-12-19(13-11-18)26-15-14-24-20(25)27-16-17-8-6-5-7-9-17/h5-13H,14-16H2,1-4H3,(H,24,25). The Morgan fingerprint density at radius 2 is 1.59 bits per heavy atom. The summed E-state index contributed by atoms with van der Waals surface area (Å²) in [5.74, 6) is 0.713. The molecule has 0 bridgehead atoms. The summed E-state index contributed by atoms with van der Waals surface area (Å²) < 4.78 is 22.9. The molecule has 29 heavy (non-hydrogen) atoms. The highest BCUT2D eigenvalue weighted by Gasteiger charge is 2.51. The predicted molar refractivity (Wildman–Crippen MR) is 112 cm³/mol. The SMILES string of the molecule is CC1(C)OB(c2ccc(OCCNC(=O)OCc3ccccc3)cc2)OC1(C)C. The molecule has 6 nitrogen and oxygen atoms in total. The maximum atomic E-state index is 11.7. The van der Waals surface area contributed by atoms with E-state index >= 15 is 0 Å². The van der Waals surface area contributed by atoms with Gasteiger partial charge >= 0.3 is 13.2 Å². The highest BCUT2D eigenvalue weighted by Crippen LogP contribution is 2.36. The smallest absolute Gasteiger partial charge is 0.492 e. The van der Waals surface area contributed by atoms with Gasteiger partial charge in [0.15, 0.2) is 0 Å². The van der Waals surface area contributed by atoms with Crippen molar-refractivity contribution in [2.24, 2.45) is 0 Å². The van der Waals surface area contributed by atoms with Gasteiger partial charge in [0, 0.05) is 0 Å². The second kappa shape index (κ2) is 8.88. The van der Waals surface area contributed by atoms with Gasteiger partial charge in [-0.15, -0.1) is 0 Å². The molecule has 1 fully saturated rings. The first-order chi connectivity index (χ1) is 13.8. The van der Waals surface area contributed by atoms with Crippen molar-refractivity contribution in [1.82, 2.24) is 5.32 Å². The lowest BCUT2D eigenvalue weighted by Crippen LogP contribution is -2.41. The second-order valence-electron chi connectivity index (χ2n) is 7.99. The van der Waals surface area contributed by atoms with Crippen LogP contribution in [0.1, 0.15) is 33.3 Å². The van der Waals surface area contributed by atoms with E-state index in [4.69, 9.17) is 18.8 Å². The van der Waals surface area contributed by atoms with E-state index in [0.29, 0.717) is 18.9 Å². The first kappa shape index (κ1) is 21.2. The fourth-order valence-corrected chi connectivity index (χ4v) is 2.80. The van der Waals surface area contributed by atoms with E-state index in [9.17, 15) is 4.79 Å². The van der Waals surface area contributed by atoms with Gasteiger partial charge in [0.1, 0.15) is 19.0 Å². The van der Waals surface area contributed by atoms with E-state index in [1.807, 2.05) is 82.3 Å². The van der Waals surface area contributed by atoms with Crippen molar-refractivity contribution in [1.29, 1.82) is 0 Å². The molecule has 1 saturated heterocycles. The van der Waals surface area contributed by atoms with Crippen LogP contribution in [0.25, 0.3) is 0 Å². The average molecular weight is 397 g/mol. The molecule has 7 heteroatoms. The summed E-state index contributed by atoms with van der Waals surface area (Å²) in [4.78, 5) is 11.7. The first-order valence-corrected chi connectivity index (χ1v) is 9.80. The zero-order valence-electron chi connectivity index (χ0n) is 17.4. The van der Waals surface area contributed by atoms with Crippen LogP contribution in [0.4, 0.5) is 4.79 Å². The summed E-state index contributed by atoms with van der Waals surface area (Å²) in [6.45, 7) is 9.06. The number of hydrogen-bond donors (Lipinski definition) is 1. The third-order valence-electron chi connectivity index (χ3n) is 5.26. The lowest BCUT2D eigenvalue weighted by molar-refractivity contribution is 0.00578. The Morgan fingerprint density at radius 1 is 0.966 bits per heavy atom. The molecule has 0 atom stereocenters. The van der Waals surface area contributed by atoms with Crippen LogP contribution in [-0.2, 0) is 20.7 Å². The number of ether oxygens (including phenoxy) is 2. The van der Waals surface area contributed by atoms with Gasteiger partial charge in [0.2, 0.25) is 0 Å². The molecule has 1 N–H and O–H groups in total. The number of alkyl carbamates (subject to hydrolysis) is 1. The van der Waals surface area contributed by atoms with Gasteiger partial charge in [-0.05, 0) is 50.9 Å². The van der Waals surface area contributed by atoms with E-state index in [-0.39, 0.29) is 17.8 Å². The van der Waals surface area contributed by atoms with E-state index in [0.717, 1.165) is 11.0 Å². The van der Waals surface area contributed by atoms with E-state index in [2.05, 4.69) is 5.32 Å². The van der Waals surface area contributed by atoms with E-state index in [1.54, 1.807) is 0 Å².